The Morgan fingerprint density at radius 2 is 1.96 bits per heavy atom. The Labute approximate surface area is 163 Å². The molecule has 5 heteroatoms. The van der Waals surface area contributed by atoms with E-state index in [1.54, 1.807) is 6.92 Å². The highest BCUT2D eigenvalue weighted by atomic mass is 16.5. The fourth-order valence-electron chi connectivity index (χ4n) is 3.78. The van der Waals surface area contributed by atoms with E-state index in [9.17, 15) is 4.79 Å². The fourth-order valence-corrected chi connectivity index (χ4v) is 3.78. The molecule has 2 aromatic rings. The number of aromatic nitrogens is 2. The minimum atomic E-state index is 0. The van der Waals surface area contributed by atoms with Gasteiger partial charge in [-0.05, 0) is 69.7 Å². The lowest BCUT2D eigenvalue weighted by molar-refractivity contribution is -0.123. The molecule has 0 amide bonds. The third kappa shape index (κ3) is 4.99. The van der Waals surface area contributed by atoms with E-state index in [1.165, 1.54) is 16.7 Å². The van der Waals surface area contributed by atoms with Gasteiger partial charge in [-0.25, -0.2) is 0 Å². The van der Waals surface area contributed by atoms with Gasteiger partial charge in [-0.1, -0.05) is 24.3 Å². The lowest BCUT2D eigenvalue weighted by atomic mass is 9.89. The minimum absolute atomic E-state index is 0. The van der Waals surface area contributed by atoms with Gasteiger partial charge in [-0.15, -0.1) is 5.10 Å². The Morgan fingerprint density at radius 3 is 2.67 bits per heavy atom. The molecule has 1 aromatic carbocycles. The van der Waals surface area contributed by atoms with Crippen LogP contribution in [-0.2, 0) is 28.9 Å². The van der Waals surface area contributed by atoms with Gasteiger partial charge in [0.2, 0.25) is 0 Å². The molecule has 1 atom stereocenters. The van der Waals surface area contributed by atoms with E-state index < -0.39 is 0 Å². The molecule has 27 heavy (non-hydrogen) atoms. The second-order valence-electron chi connectivity index (χ2n) is 7.38. The topological polar surface area (TPSA) is 64.1 Å². The molecule has 1 unspecified atom stereocenters. The standard InChI is InChI=1S/C22H29N3O2.H2/c1-15(26)14-27-19-5-4-6-21-20(12-11-19)16(2)24-25-22(21)18-9-7-17(8-10-18)13-23-3;/h7-10,19,23H,4-6,11-14H2,1-3H3;1H. The molecule has 3 rings (SSSR count). The van der Waals surface area contributed by atoms with Crippen LogP contribution in [0.2, 0.25) is 0 Å². The predicted octanol–water partition coefficient (Wildman–Crippen LogP) is 3.66. The number of benzene rings is 1. The van der Waals surface area contributed by atoms with Gasteiger partial charge in [0.15, 0.2) is 5.78 Å². The smallest absolute Gasteiger partial charge is 0.155 e. The summed E-state index contributed by atoms with van der Waals surface area (Å²) in [6.07, 6.45) is 4.98. The number of carbonyl (C=O) groups is 1. The van der Waals surface area contributed by atoms with E-state index in [1.807, 2.05) is 14.0 Å². The molecule has 0 saturated carbocycles. The SMILES string of the molecule is CNCc1ccc(-c2nnc(C)c3c2CCCC(OCC(C)=O)CC3)cc1.[HH]. The highest BCUT2D eigenvalue weighted by molar-refractivity contribution is 5.76. The molecule has 146 valence electrons. The Hall–Kier alpha value is -2.11. The molecule has 0 saturated heterocycles. The molecule has 0 aliphatic heterocycles. The molecule has 0 fully saturated rings. The zero-order valence-corrected chi connectivity index (χ0v) is 16.5. The minimum Gasteiger partial charge on any atom is -0.370 e. The van der Waals surface area contributed by atoms with Gasteiger partial charge in [0.05, 0.1) is 17.5 Å². The van der Waals surface area contributed by atoms with Crippen LogP contribution < -0.4 is 5.32 Å². The number of ether oxygens (including phenoxy) is 1. The van der Waals surface area contributed by atoms with Gasteiger partial charge >= 0.3 is 0 Å². The van der Waals surface area contributed by atoms with Crippen molar-refractivity contribution in [3.8, 4) is 11.3 Å². The van der Waals surface area contributed by atoms with E-state index in [0.717, 1.165) is 55.6 Å². The van der Waals surface area contributed by atoms with Gasteiger partial charge in [0.25, 0.3) is 0 Å². The monoisotopic (exact) mass is 369 g/mol. The number of nitrogens with zero attached hydrogens (tertiary/aromatic N) is 2. The van der Waals surface area contributed by atoms with Crippen LogP contribution in [0.25, 0.3) is 11.3 Å². The molecule has 0 bridgehead atoms. The number of rotatable bonds is 6. The Morgan fingerprint density at radius 1 is 1.19 bits per heavy atom. The van der Waals surface area contributed by atoms with Gasteiger partial charge < -0.3 is 10.1 Å². The molecule has 0 radical (unpaired) electrons. The quantitative estimate of drug-likeness (QED) is 0.842. The van der Waals surface area contributed by atoms with Crippen molar-refractivity contribution in [2.45, 2.75) is 58.6 Å². The summed E-state index contributed by atoms with van der Waals surface area (Å²) in [5, 5.41) is 12.2. The maximum Gasteiger partial charge on any atom is 0.155 e. The Bertz CT molecular complexity index is 793. The third-order valence-corrected chi connectivity index (χ3v) is 5.19. The first-order valence-electron chi connectivity index (χ1n) is 9.78. The van der Waals surface area contributed by atoms with Gasteiger partial charge in [-0.3, -0.25) is 4.79 Å². The summed E-state index contributed by atoms with van der Waals surface area (Å²) in [5.41, 5.74) is 7.03. The van der Waals surface area contributed by atoms with Crippen molar-refractivity contribution in [3.05, 3.63) is 46.6 Å². The van der Waals surface area contributed by atoms with Gasteiger partial charge in [0, 0.05) is 13.5 Å². The summed E-state index contributed by atoms with van der Waals surface area (Å²) in [6.45, 7) is 4.69. The number of fused-ring (bicyclic) bond motifs is 1. The van der Waals surface area contributed by atoms with Crippen LogP contribution in [0.5, 0.6) is 0 Å². The maximum absolute atomic E-state index is 11.2. The maximum atomic E-state index is 11.2. The van der Waals surface area contributed by atoms with Crippen molar-refractivity contribution >= 4 is 5.78 Å². The summed E-state index contributed by atoms with van der Waals surface area (Å²) < 4.78 is 5.79. The number of aryl methyl sites for hydroxylation is 1. The Kier molecular flexibility index (Phi) is 6.69. The lowest BCUT2D eigenvalue weighted by Crippen LogP contribution is -2.21. The van der Waals surface area contributed by atoms with Gasteiger partial charge in [-0.2, -0.15) is 5.10 Å². The molecule has 1 heterocycles. The number of hydrogen-bond donors (Lipinski definition) is 1. The third-order valence-electron chi connectivity index (χ3n) is 5.19. The molecule has 1 aliphatic rings. The normalized spacial score (nSPS) is 17.1. The summed E-state index contributed by atoms with van der Waals surface area (Å²) in [7, 11) is 1.95. The first-order chi connectivity index (χ1) is 13.1. The summed E-state index contributed by atoms with van der Waals surface area (Å²) in [5.74, 6) is 0.0866. The van der Waals surface area contributed by atoms with Crippen molar-refractivity contribution in [2.24, 2.45) is 0 Å². The van der Waals surface area contributed by atoms with Crippen molar-refractivity contribution < 1.29 is 11.0 Å². The zero-order chi connectivity index (χ0) is 19.2. The molecule has 5 nitrogen and oxygen atoms in total. The van der Waals surface area contributed by atoms with E-state index in [-0.39, 0.29) is 19.9 Å². The highest BCUT2D eigenvalue weighted by Gasteiger charge is 2.21. The average molecular weight is 370 g/mol. The molecule has 0 spiro atoms. The van der Waals surface area contributed by atoms with E-state index >= 15 is 0 Å². The largest absolute Gasteiger partial charge is 0.370 e. The molecule has 1 N–H and O–H groups in total. The Balaban J connectivity index is 0.00000280. The van der Waals surface area contributed by atoms with Crippen LogP contribution in [0, 0.1) is 6.92 Å². The van der Waals surface area contributed by atoms with Crippen molar-refractivity contribution in [1.29, 1.82) is 0 Å². The predicted molar refractivity (Wildman–Crippen MR) is 109 cm³/mol. The van der Waals surface area contributed by atoms with Gasteiger partial charge in [0.1, 0.15) is 6.61 Å². The number of ketones is 1. The van der Waals surface area contributed by atoms with E-state index in [2.05, 4.69) is 39.8 Å². The van der Waals surface area contributed by atoms with E-state index in [4.69, 9.17) is 4.74 Å². The first-order valence-corrected chi connectivity index (χ1v) is 9.78. The molecular formula is C22H31N3O2. The highest BCUT2D eigenvalue weighted by Crippen LogP contribution is 2.30. The average Bonchev–Trinajstić information content (AvgIpc) is 2.63. The second kappa shape index (κ2) is 9.20. The summed E-state index contributed by atoms with van der Waals surface area (Å²) in [6, 6.07) is 8.58. The first kappa shape index (κ1) is 19.6. The number of nitrogens with one attached hydrogen (secondary N) is 1. The summed E-state index contributed by atoms with van der Waals surface area (Å²) in [4.78, 5) is 11.2. The van der Waals surface area contributed by atoms with Crippen molar-refractivity contribution in [2.75, 3.05) is 13.7 Å². The lowest BCUT2D eigenvalue weighted by Gasteiger charge is -2.23. The van der Waals surface area contributed by atoms with Crippen LogP contribution in [-0.4, -0.2) is 35.7 Å². The number of hydrogen-bond acceptors (Lipinski definition) is 5. The van der Waals surface area contributed by atoms with Crippen LogP contribution in [0.3, 0.4) is 0 Å². The number of carbonyl (C=O) groups excluding carboxylic acids is 1. The van der Waals surface area contributed by atoms with Crippen LogP contribution in [0.4, 0.5) is 0 Å². The molecular weight excluding hydrogens is 338 g/mol. The fraction of sp³-hybridized carbons (Fsp3) is 0.500. The molecule has 1 aromatic heterocycles. The molecule has 1 aliphatic carbocycles. The zero-order valence-electron chi connectivity index (χ0n) is 16.5. The van der Waals surface area contributed by atoms with E-state index in [0.29, 0.717) is 0 Å². The van der Waals surface area contributed by atoms with Crippen molar-refractivity contribution in [3.63, 3.8) is 0 Å². The number of Topliss-reactive ketones (excluding diaryl/α,β-unsaturated/α-hetero) is 1. The van der Waals surface area contributed by atoms with Crippen LogP contribution >= 0.6 is 0 Å². The van der Waals surface area contributed by atoms with Crippen LogP contribution in [0.1, 0.15) is 50.0 Å². The van der Waals surface area contributed by atoms with Crippen LogP contribution in [0.15, 0.2) is 24.3 Å². The second-order valence-corrected chi connectivity index (χ2v) is 7.38. The van der Waals surface area contributed by atoms with Crippen molar-refractivity contribution in [1.82, 2.24) is 15.5 Å². The summed E-state index contributed by atoms with van der Waals surface area (Å²) >= 11 is 0.